The summed E-state index contributed by atoms with van der Waals surface area (Å²) >= 11 is 0. The molecule has 142 valence electrons. The second-order valence-corrected chi connectivity index (χ2v) is 6.24. The third-order valence-electron chi connectivity index (χ3n) is 4.38. The first kappa shape index (κ1) is 22.2. The van der Waals surface area contributed by atoms with Crippen molar-refractivity contribution in [2.24, 2.45) is 4.99 Å². The van der Waals surface area contributed by atoms with Gasteiger partial charge in [0.2, 0.25) is 0 Å². The van der Waals surface area contributed by atoms with Gasteiger partial charge in [-0.15, -0.1) is 24.0 Å². The van der Waals surface area contributed by atoms with Gasteiger partial charge in [0.1, 0.15) is 0 Å². The lowest BCUT2D eigenvalue weighted by molar-refractivity contribution is 0.145. The van der Waals surface area contributed by atoms with Crippen molar-refractivity contribution >= 4 is 29.9 Å². The van der Waals surface area contributed by atoms with E-state index in [0.29, 0.717) is 12.6 Å². The Morgan fingerprint density at radius 3 is 2.76 bits per heavy atom. The Bertz CT molecular complexity index is 484. The average molecular weight is 460 g/mol. The van der Waals surface area contributed by atoms with Gasteiger partial charge < -0.3 is 15.4 Å². The van der Waals surface area contributed by atoms with Crippen molar-refractivity contribution in [3.05, 3.63) is 35.9 Å². The summed E-state index contributed by atoms with van der Waals surface area (Å²) in [7, 11) is 1.72. The lowest BCUT2D eigenvalue weighted by atomic mass is 10.0. The van der Waals surface area contributed by atoms with Gasteiger partial charge in [0.05, 0.1) is 13.2 Å². The molecule has 1 fully saturated rings. The van der Waals surface area contributed by atoms with Crippen LogP contribution in [0.25, 0.3) is 0 Å². The van der Waals surface area contributed by atoms with Crippen LogP contribution in [0.4, 0.5) is 0 Å². The standard InChI is InChI=1S/C19H32N4O.HI/c1-3-20-19(21-12-14-24-2)22-15-18-11-7-8-13-23(18)16-17-9-5-4-6-10-17;/h4-6,9-10,18H,3,7-8,11-16H2,1-2H3,(H2,20,21,22);1H. The van der Waals surface area contributed by atoms with E-state index in [4.69, 9.17) is 9.73 Å². The van der Waals surface area contributed by atoms with E-state index in [1.54, 1.807) is 7.11 Å². The highest BCUT2D eigenvalue weighted by molar-refractivity contribution is 14.0. The fourth-order valence-corrected chi connectivity index (χ4v) is 3.10. The second kappa shape index (κ2) is 13.4. The van der Waals surface area contributed by atoms with Gasteiger partial charge in [0.15, 0.2) is 5.96 Å². The molecule has 0 aliphatic carbocycles. The van der Waals surface area contributed by atoms with Crippen LogP contribution >= 0.6 is 24.0 Å². The zero-order valence-corrected chi connectivity index (χ0v) is 17.9. The number of halogens is 1. The smallest absolute Gasteiger partial charge is 0.191 e. The van der Waals surface area contributed by atoms with E-state index in [1.807, 2.05) is 0 Å². The maximum Gasteiger partial charge on any atom is 0.191 e. The quantitative estimate of drug-likeness (QED) is 0.271. The molecule has 6 heteroatoms. The van der Waals surface area contributed by atoms with E-state index >= 15 is 0 Å². The van der Waals surface area contributed by atoms with Crippen molar-refractivity contribution < 1.29 is 4.74 Å². The number of likely N-dealkylation sites (tertiary alicyclic amines) is 1. The summed E-state index contributed by atoms with van der Waals surface area (Å²) in [5.74, 6) is 0.889. The van der Waals surface area contributed by atoms with Crippen LogP contribution in [0.3, 0.4) is 0 Å². The topological polar surface area (TPSA) is 48.9 Å². The molecule has 1 unspecified atom stereocenters. The third kappa shape index (κ3) is 8.37. The van der Waals surface area contributed by atoms with Gasteiger partial charge >= 0.3 is 0 Å². The molecular weight excluding hydrogens is 427 g/mol. The maximum absolute atomic E-state index is 5.09. The normalized spacial score (nSPS) is 18.5. The van der Waals surface area contributed by atoms with Gasteiger partial charge in [-0.25, -0.2) is 0 Å². The number of methoxy groups -OCH3 is 1. The molecule has 5 nitrogen and oxygen atoms in total. The van der Waals surface area contributed by atoms with E-state index < -0.39 is 0 Å². The number of aliphatic imine (C=N–C) groups is 1. The molecule has 2 N–H and O–H groups in total. The Balaban J connectivity index is 0.00000312. The number of rotatable bonds is 8. The molecule has 0 amide bonds. The molecule has 1 aliphatic heterocycles. The summed E-state index contributed by atoms with van der Waals surface area (Å²) in [6.07, 6.45) is 3.83. The fraction of sp³-hybridized carbons (Fsp3) is 0.632. The number of ether oxygens (including phenoxy) is 1. The molecule has 2 rings (SSSR count). The Hall–Kier alpha value is -0.860. The monoisotopic (exact) mass is 460 g/mol. The summed E-state index contributed by atoms with van der Waals surface area (Å²) in [6.45, 7) is 7.47. The molecule has 1 aliphatic rings. The van der Waals surface area contributed by atoms with Crippen molar-refractivity contribution in [1.82, 2.24) is 15.5 Å². The summed E-state index contributed by atoms with van der Waals surface area (Å²) in [5, 5.41) is 6.63. The summed E-state index contributed by atoms with van der Waals surface area (Å²) < 4.78 is 5.09. The molecule has 1 aromatic carbocycles. The molecule has 1 aromatic rings. The summed E-state index contributed by atoms with van der Waals surface area (Å²) in [4.78, 5) is 7.38. The number of hydrogen-bond acceptors (Lipinski definition) is 3. The highest BCUT2D eigenvalue weighted by atomic mass is 127. The molecule has 0 radical (unpaired) electrons. The zero-order chi connectivity index (χ0) is 17.0. The van der Waals surface area contributed by atoms with Gasteiger partial charge in [0.25, 0.3) is 0 Å². The van der Waals surface area contributed by atoms with E-state index in [9.17, 15) is 0 Å². The number of guanidine groups is 1. The molecule has 1 saturated heterocycles. The van der Waals surface area contributed by atoms with Crippen LogP contribution in [-0.2, 0) is 11.3 Å². The van der Waals surface area contributed by atoms with Gasteiger partial charge in [-0.05, 0) is 31.9 Å². The predicted octanol–water partition coefficient (Wildman–Crippen LogP) is 2.86. The first-order valence-corrected chi connectivity index (χ1v) is 9.12. The van der Waals surface area contributed by atoms with E-state index in [1.165, 1.54) is 31.4 Å². The van der Waals surface area contributed by atoms with Crippen LogP contribution in [-0.4, -0.2) is 56.8 Å². The van der Waals surface area contributed by atoms with E-state index in [-0.39, 0.29) is 24.0 Å². The van der Waals surface area contributed by atoms with Crippen molar-refractivity contribution in [2.45, 2.75) is 38.8 Å². The van der Waals surface area contributed by atoms with Gasteiger partial charge in [0, 0.05) is 32.8 Å². The van der Waals surface area contributed by atoms with Crippen molar-refractivity contribution in [3.8, 4) is 0 Å². The predicted molar refractivity (Wildman–Crippen MR) is 116 cm³/mol. The minimum Gasteiger partial charge on any atom is -0.383 e. The number of nitrogens with zero attached hydrogens (tertiary/aromatic N) is 2. The number of piperidine rings is 1. The molecule has 1 atom stereocenters. The van der Waals surface area contributed by atoms with Crippen molar-refractivity contribution in [1.29, 1.82) is 0 Å². The van der Waals surface area contributed by atoms with Gasteiger partial charge in [-0.1, -0.05) is 36.8 Å². The van der Waals surface area contributed by atoms with Gasteiger partial charge in [-0.3, -0.25) is 9.89 Å². The van der Waals surface area contributed by atoms with E-state index in [0.717, 1.165) is 32.1 Å². The van der Waals surface area contributed by atoms with Crippen molar-refractivity contribution in [3.63, 3.8) is 0 Å². The molecule has 0 bridgehead atoms. The first-order valence-electron chi connectivity index (χ1n) is 9.12. The second-order valence-electron chi connectivity index (χ2n) is 6.24. The Kier molecular flexibility index (Phi) is 11.9. The van der Waals surface area contributed by atoms with Gasteiger partial charge in [-0.2, -0.15) is 0 Å². The lowest BCUT2D eigenvalue weighted by Crippen LogP contribution is -2.43. The molecule has 0 aromatic heterocycles. The minimum absolute atomic E-state index is 0. The lowest BCUT2D eigenvalue weighted by Gasteiger charge is -2.35. The highest BCUT2D eigenvalue weighted by Crippen LogP contribution is 2.19. The van der Waals surface area contributed by atoms with Crippen molar-refractivity contribution in [2.75, 3.05) is 39.9 Å². The van der Waals surface area contributed by atoms with Crippen LogP contribution in [0, 0.1) is 0 Å². The molecular formula is C19H33IN4O. The van der Waals surface area contributed by atoms with Crippen LogP contribution in [0.2, 0.25) is 0 Å². The SMILES string of the molecule is CCNC(=NCC1CCCCN1Cc1ccccc1)NCCOC.I. The number of nitrogens with one attached hydrogen (secondary N) is 2. The Labute approximate surface area is 169 Å². The Morgan fingerprint density at radius 1 is 1.24 bits per heavy atom. The third-order valence-corrected chi connectivity index (χ3v) is 4.38. The number of benzene rings is 1. The van der Waals surface area contributed by atoms with E-state index in [2.05, 4.69) is 52.8 Å². The van der Waals surface area contributed by atoms with Crippen LogP contribution in [0.15, 0.2) is 35.3 Å². The maximum atomic E-state index is 5.09. The highest BCUT2D eigenvalue weighted by Gasteiger charge is 2.22. The summed E-state index contributed by atoms with van der Waals surface area (Å²) in [5.41, 5.74) is 1.39. The number of hydrogen-bond donors (Lipinski definition) is 2. The summed E-state index contributed by atoms with van der Waals surface area (Å²) in [6, 6.07) is 11.3. The molecule has 25 heavy (non-hydrogen) atoms. The average Bonchev–Trinajstić information content (AvgIpc) is 2.62. The first-order chi connectivity index (χ1) is 11.8. The van der Waals surface area contributed by atoms with Crippen LogP contribution in [0.1, 0.15) is 31.7 Å². The minimum atomic E-state index is 0. The zero-order valence-electron chi connectivity index (χ0n) is 15.5. The Morgan fingerprint density at radius 2 is 2.04 bits per heavy atom. The fourth-order valence-electron chi connectivity index (χ4n) is 3.10. The van der Waals surface area contributed by atoms with Crippen LogP contribution in [0.5, 0.6) is 0 Å². The molecule has 0 spiro atoms. The molecule has 0 saturated carbocycles. The van der Waals surface area contributed by atoms with Crippen LogP contribution < -0.4 is 10.6 Å². The largest absolute Gasteiger partial charge is 0.383 e. The molecule has 1 heterocycles.